The molecule has 0 fully saturated rings. The van der Waals surface area contributed by atoms with E-state index in [1.54, 1.807) is 18.3 Å². The first-order chi connectivity index (χ1) is 11.2. The van der Waals surface area contributed by atoms with Crippen molar-refractivity contribution in [1.29, 1.82) is 0 Å². The number of hydrogen-bond acceptors (Lipinski definition) is 3. The highest BCUT2D eigenvalue weighted by Gasteiger charge is 2.06. The molecule has 0 radical (unpaired) electrons. The second kappa shape index (κ2) is 8.77. The number of nitrogens with zero attached hydrogens (tertiary/aromatic N) is 2. The summed E-state index contributed by atoms with van der Waals surface area (Å²) in [7, 11) is 0. The number of benzene rings is 1. The van der Waals surface area contributed by atoms with Crippen LogP contribution in [0.4, 0.5) is 4.39 Å². The fourth-order valence-corrected chi connectivity index (χ4v) is 1.93. The Bertz CT molecular complexity index is 615. The molecule has 0 aliphatic rings. The van der Waals surface area contributed by atoms with Crippen LogP contribution >= 0.6 is 0 Å². The molecule has 7 heteroatoms. The third kappa shape index (κ3) is 5.98. The third-order valence-electron chi connectivity index (χ3n) is 3.00. The van der Waals surface area contributed by atoms with Gasteiger partial charge in [-0.25, -0.2) is 9.38 Å². The average Bonchev–Trinajstić information content (AvgIpc) is 3.03. The minimum absolute atomic E-state index is 0.132. The highest BCUT2D eigenvalue weighted by Crippen LogP contribution is 2.13. The van der Waals surface area contributed by atoms with E-state index in [0.29, 0.717) is 24.8 Å². The van der Waals surface area contributed by atoms with E-state index in [1.807, 2.05) is 19.9 Å². The van der Waals surface area contributed by atoms with Crippen LogP contribution in [-0.4, -0.2) is 35.4 Å². The number of rotatable bonds is 7. The lowest BCUT2D eigenvalue weighted by atomic mass is 10.3. The molecule has 1 aromatic heterocycles. The molecule has 0 saturated heterocycles. The molecule has 6 nitrogen and oxygen atoms in total. The Morgan fingerprint density at radius 2 is 2.26 bits per heavy atom. The highest BCUT2D eigenvalue weighted by atomic mass is 19.1. The molecule has 3 N–H and O–H groups in total. The SMILES string of the molecule is CCNC(=NCc1ccn[nH]1)NCC(C)Oc1cccc(F)c1. The largest absolute Gasteiger partial charge is 0.489 e. The monoisotopic (exact) mass is 319 g/mol. The molecule has 2 aromatic rings. The van der Waals surface area contributed by atoms with Gasteiger partial charge in [-0.2, -0.15) is 5.10 Å². The van der Waals surface area contributed by atoms with E-state index in [-0.39, 0.29) is 11.9 Å². The Hall–Kier alpha value is -2.57. The van der Waals surface area contributed by atoms with Crippen LogP contribution in [0.2, 0.25) is 0 Å². The summed E-state index contributed by atoms with van der Waals surface area (Å²) in [5, 5.41) is 13.1. The van der Waals surface area contributed by atoms with Gasteiger partial charge in [-0.3, -0.25) is 5.10 Å². The van der Waals surface area contributed by atoms with Crippen molar-refractivity contribution in [2.45, 2.75) is 26.5 Å². The van der Waals surface area contributed by atoms with Gasteiger partial charge in [0.2, 0.25) is 0 Å². The van der Waals surface area contributed by atoms with Crippen molar-refractivity contribution >= 4 is 5.96 Å². The molecular formula is C16H22FN5O. The van der Waals surface area contributed by atoms with Gasteiger partial charge in [0.05, 0.1) is 18.8 Å². The van der Waals surface area contributed by atoms with E-state index >= 15 is 0 Å². The van der Waals surface area contributed by atoms with Crippen LogP contribution in [0.3, 0.4) is 0 Å². The van der Waals surface area contributed by atoms with E-state index in [1.165, 1.54) is 12.1 Å². The predicted molar refractivity (Wildman–Crippen MR) is 87.9 cm³/mol. The van der Waals surface area contributed by atoms with E-state index in [9.17, 15) is 4.39 Å². The van der Waals surface area contributed by atoms with Crippen molar-refractivity contribution in [3.05, 3.63) is 48.0 Å². The van der Waals surface area contributed by atoms with Gasteiger partial charge in [-0.1, -0.05) is 6.07 Å². The zero-order chi connectivity index (χ0) is 16.5. The van der Waals surface area contributed by atoms with Gasteiger partial charge in [0.15, 0.2) is 5.96 Å². The molecule has 1 heterocycles. The number of guanidine groups is 1. The summed E-state index contributed by atoms with van der Waals surface area (Å²) in [5.41, 5.74) is 0.936. The Labute approximate surface area is 135 Å². The molecular weight excluding hydrogens is 297 g/mol. The third-order valence-corrected chi connectivity index (χ3v) is 3.00. The van der Waals surface area contributed by atoms with Crippen molar-refractivity contribution < 1.29 is 9.13 Å². The molecule has 124 valence electrons. The van der Waals surface area contributed by atoms with E-state index < -0.39 is 0 Å². The van der Waals surface area contributed by atoms with Gasteiger partial charge in [0.1, 0.15) is 17.7 Å². The summed E-state index contributed by atoms with van der Waals surface area (Å²) in [5.74, 6) is 0.896. The molecule has 0 bridgehead atoms. The van der Waals surface area contributed by atoms with Crippen LogP contribution in [0.15, 0.2) is 41.5 Å². The average molecular weight is 319 g/mol. The fraction of sp³-hybridized carbons (Fsp3) is 0.375. The van der Waals surface area contributed by atoms with Crippen molar-refractivity contribution in [1.82, 2.24) is 20.8 Å². The molecule has 0 aliphatic carbocycles. The smallest absolute Gasteiger partial charge is 0.191 e. The number of hydrogen-bond donors (Lipinski definition) is 3. The van der Waals surface area contributed by atoms with Crippen LogP contribution in [0.5, 0.6) is 5.75 Å². The molecule has 0 spiro atoms. The van der Waals surface area contributed by atoms with Crippen molar-refractivity contribution in [3.8, 4) is 5.75 Å². The van der Waals surface area contributed by atoms with Gasteiger partial charge in [-0.15, -0.1) is 0 Å². The maximum Gasteiger partial charge on any atom is 0.191 e. The summed E-state index contributed by atoms with van der Waals surface area (Å²) in [6, 6.07) is 8.00. The standard InChI is InChI=1S/C16H22FN5O/c1-3-18-16(20-11-14-7-8-21-22-14)19-10-12(2)23-15-6-4-5-13(17)9-15/h4-9,12H,3,10-11H2,1-2H3,(H,21,22)(H2,18,19,20). The maximum atomic E-state index is 13.1. The van der Waals surface area contributed by atoms with Crippen molar-refractivity contribution in [2.75, 3.05) is 13.1 Å². The van der Waals surface area contributed by atoms with Crippen LogP contribution in [-0.2, 0) is 6.54 Å². The number of halogens is 1. The lowest BCUT2D eigenvalue weighted by Gasteiger charge is -2.17. The molecule has 0 saturated carbocycles. The summed E-state index contributed by atoms with van der Waals surface area (Å²) in [4.78, 5) is 4.46. The van der Waals surface area contributed by atoms with E-state index in [4.69, 9.17) is 4.74 Å². The molecule has 1 aromatic carbocycles. The van der Waals surface area contributed by atoms with E-state index in [0.717, 1.165) is 12.2 Å². The topological polar surface area (TPSA) is 74.3 Å². The highest BCUT2D eigenvalue weighted by molar-refractivity contribution is 5.79. The second-order valence-corrected chi connectivity index (χ2v) is 5.04. The van der Waals surface area contributed by atoms with Gasteiger partial charge < -0.3 is 15.4 Å². The Kier molecular flexibility index (Phi) is 6.40. The predicted octanol–water partition coefficient (Wildman–Crippen LogP) is 2.07. The van der Waals surface area contributed by atoms with Crippen LogP contribution in [0.1, 0.15) is 19.5 Å². The zero-order valence-corrected chi connectivity index (χ0v) is 13.3. The van der Waals surface area contributed by atoms with Crippen molar-refractivity contribution in [2.24, 2.45) is 4.99 Å². The Balaban J connectivity index is 1.83. The lowest BCUT2D eigenvalue weighted by Crippen LogP contribution is -2.41. The number of aromatic amines is 1. The molecule has 23 heavy (non-hydrogen) atoms. The van der Waals surface area contributed by atoms with Gasteiger partial charge in [0, 0.05) is 18.8 Å². The first-order valence-electron chi connectivity index (χ1n) is 7.60. The number of ether oxygens (including phenoxy) is 1. The van der Waals surface area contributed by atoms with Crippen LogP contribution < -0.4 is 15.4 Å². The Morgan fingerprint density at radius 3 is 2.96 bits per heavy atom. The molecule has 1 unspecified atom stereocenters. The van der Waals surface area contributed by atoms with Gasteiger partial charge in [0.25, 0.3) is 0 Å². The zero-order valence-electron chi connectivity index (χ0n) is 13.3. The van der Waals surface area contributed by atoms with E-state index in [2.05, 4.69) is 25.8 Å². The normalized spacial score (nSPS) is 12.7. The fourth-order valence-electron chi connectivity index (χ4n) is 1.93. The second-order valence-electron chi connectivity index (χ2n) is 5.04. The summed E-state index contributed by atoms with van der Waals surface area (Å²) >= 11 is 0. The Morgan fingerprint density at radius 1 is 1.39 bits per heavy atom. The molecule has 0 amide bonds. The number of aromatic nitrogens is 2. The molecule has 1 atom stereocenters. The summed E-state index contributed by atoms with van der Waals surface area (Å²) in [6.07, 6.45) is 1.56. The molecule has 0 aliphatic heterocycles. The molecule has 2 rings (SSSR count). The van der Waals surface area contributed by atoms with Crippen molar-refractivity contribution in [3.63, 3.8) is 0 Å². The first kappa shape index (κ1) is 16.8. The van der Waals surface area contributed by atoms with Crippen LogP contribution in [0, 0.1) is 5.82 Å². The van der Waals surface area contributed by atoms with Gasteiger partial charge >= 0.3 is 0 Å². The summed E-state index contributed by atoms with van der Waals surface area (Å²) in [6.45, 7) is 5.73. The maximum absolute atomic E-state index is 13.1. The minimum atomic E-state index is -0.308. The number of aliphatic imine (C=N–C) groups is 1. The van der Waals surface area contributed by atoms with Crippen LogP contribution in [0.25, 0.3) is 0 Å². The number of nitrogens with one attached hydrogen (secondary N) is 3. The van der Waals surface area contributed by atoms with Gasteiger partial charge in [-0.05, 0) is 32.0 Å². The first-order valence-corrected chi connectivity index (χ1v) is 7.60. The minimum Gasteiger partial charge on any atom is -0.489 e. The summed E-state index contributed by atoms with van der Waals surface area (Å²) < 4.78 is 18.8. The number of H-pyrrole nitrogens is 1. The quantitative estimate of drug-likeness (QED) is 0.539. The lowest BCUT2D eigenvalue weighted by molar-refractivity contribution is 0.223.